The van der Waals surface area contributed by atoms with Crippen LogP contribution in [-0.4, -0.2) is 30.8 Å². The van der Waals surface area contributed by atoms with Crippen molar-refractivity contribution in [3.63, 3.8) is 0 Å². The minimum atomic E-state index is -4.75. The number of carbonyl (C=O) groups excluding carboxylic acids is 1. The Morgan fingerprint density at radius 3 is 2.33 bits per heavy atom. The molecule has 0 saturated carbocycles. The third-order valence-corrected chi connectivity index (χ3v) is 5.99. The first-order valence-electron chi connectivity index (χ1n) is 9.23. The summed E-state index contributed by atoms with van der Waals surface area (Å²) in [6.07, 6.45) is -4.01. The molecule has 0 aliphatic carbocycles. The van der Waals surface area contributed by atoms with Crippen molar-refractivity contribution in [3.05, 3.63) is 81.5 Å². The molecule has 4 nitrogen and oxygen atoms in total. The maximum Gasteiger partial charge on any atom is 0.573 e. The van der Waals surface area contributed by atoms with Crippen LogP contribution >= 0.6 is 11.3 Å². The molecule has 1 atom stereocenters. The van der Waals surface area contributed by atoms with Crippen LogP contribution in [0.2, 0.25) is 0 Å². The number of nitrogens with zero attached hydrogens (tertiary/aromatic N) is 1. The van der Waals surface area contributed by atoms with E-state index in [1.54, 1.807) is 59.7 Å². The molecule has 0 bridgehead atoms. The summed E-state index contributed by atoms with van der Waals surface area (Å²) >= 11 is 1.62. The Bertz CT molecular complexity index is 1030. The van der Waals surface area contributed by atoms with Crippen molar-refractivity contribution >= 4 is 17.2 Å². The molecule has 2 heterocycles. The number of ether oxygens (including phenoxy) is 2. The van der Waals surface area contributed by atoms with Crippen molar-refractivity contribution in [2.45, 2.75) is 18.8 Å². The van der Waals surface area contributed by atoms with E-state index >= 15 is 0 Å². The smallest absolute Gasteiger partial charge is 0.497 e. The summed E-state index contributed by atoms with van der Waals surface area (Å²) in [5.41, 5.74) is 2.25. The van der Waals surface area contributed by atoms with Crippen LogP contribution in [0.1, 0.15) is 32.4 Å². The van der Waals surface area contributed by atoms with Crippen molar-refractivity contribution in [2.75, 3.05) is 13.7 Å². The molecule has 8 heteroatoms. The molecule has 0 N–H and O–H groups in total. The molecule has 1 unspecified atom stereocenters. The summed E-state index contributed by atoms with van der Waals surface area (Å²) in [5, 5.41) is 1.97. The largest absolute Gasteiger partial charge is 0.573 e. The monoisotopic (exact) mass is 433 g/mol. The fourth-order valence-electron chi connectivity index (χ4n) is 3.65. The Morgan fingerprint density at radius 2 is 1.70 bits per heavy atom. The average molecular weight is 433 g/mol. The Morgan fingerprint density at radius 1 is 1.03 bits per heavy atom. The molecule has 0 saturated heterocycles. The summed E-state index contributed by atoms with van der Waals surface area (Å²) in [4.78, 5) is 16.2. The van der Waals surface area contributed by atoms with Gasteiger partial charge in [-0.25, -0.2) is 0 Å². The second-order valence-electron chi connectivity index (χ2n) is 6.80. The van der Waals surface area contributed by atoms with E-state index in [1.165, 1.54) is 17.0 Å². The molecule has 3 aromatic rings. The van der Waals surface area contributed by atoms with Crippen LogP contribution in [0.4, 0.5) is 13.2 Å². The van der Waals surface area contributed by atoms with Gasteiger partial charge in [-0.05, 0) is 65.4 Å². The highest BCUT2D eigenvalue weighted by Gasteiger charge is 2.34. The molecule has 1 aliphatic heterocycles. The predicted molar refractivity (Wildman–Crippen MR) is 107 cm³/mol. The molecule has 1 aliphatic rings. The molecule has 0 radical (unpaired) electrons. The lowest BCUT2D eigenvalue weighted by Gasteiger charge is -2.36. The number of rotatable bonds is 4. The molecule has 156 valence electrons. The predicted octanol–water partition coefficient (Wildman–Crippen LogP) is 5.44. The van der Waals surface area contributed by atoms with Crippen molar-refractivity contribution in [2.24, 2.45) is 0 Å². The van der Waals surface area contributed by atoms with Gasteiger partial charge in [-0.2, -0.15) is 0 Å². The first-order chi connectivity index (χ1) is 14.4. The summed E-state index contributed by atoms with van der Waals surface area (Å²) in [7, 11) is 1.56. The molecule has 30 heavy (non-hydrogen) atoms. The van der Waals surface area contributed by atoms with Gasteiger partial charge in [0.2, 0.25) is 0 Å². The van der Waals surface area contributed by atoms with E-state index in [4.69, 9.17) is 4.74 Å². The minimum absolute atomic E-state index is 0.143. The molecular formula is C22H18F3NO3S. The lowest BCUT2D eigenvalue weighted by Crippen LogP contribution is -2.40. The van der Waals surface area contributed by atoms with Crippen LogP contribution in [0.15, 0.2) is 60.0 Å². The zero-order valence-corrected chi connectivity index (χ0v) is 16.8. The summed E-state index contributed by atoms with van der Waals surface area (Å²) in [6.45, 7) is 0.518. The topological polar surface area (TPSA) is 38.8 Å². The van der Waals surface area contributed by atoms with Crippen LogP contribution in [0, 0.1) is 0 Å². The quantitative estimate of drug-likeness (QED) is 0.550. The fraction of sp³-hybridized carbons (Fsp3) is 0.227. The first kappa shape index (κ1) is 20.3. The average Bonchev–Trinajstić information content (AvgIpc) is 3.21. The van der Waals surface area contributed by atoms with Gasteiger partial charge in [0.05, 0.1) is 13.2 Å². The van der Waals surface area contributed by atoms with Gasteiger partial charge in [0.25, 0.3) is 5.91 Å². The van der Waals surface area contributed by atoms with Crippen molar-refractivity contribution in [1.29, 1.82) is 0 Å². The number of fused-ring (bicyclic) bond motifs is 1. The van der Waals surface area contributed by atoms with E-state index in [-0.39, 0.29) is 17.7 Å². The highest BCUT2D eigenvalue weighted by Crippen LogP contribution is 2.39. The Hall–Kier alpha value is -3.00. The number of amides is 1. The zero-order chi connectivity index (χ0) is 21.3. The first-order valence-corrected chi connectivity index (χ1v) is 10.1. The van der Waals surface area contributed by atoms with E-state index in [1.807, 2.05) is 11.4 Å². The maximum atomic E-state index is 13.3. The molecule has 0 fully saturated rings. The van der Waals surface area contributed by atoms with Gasteiger partial charge in [-0.15, -0.1) is 24.5 Å². The van der Waals surface area contributed by atoms with Gasteiger partial charge < -0.3 is 14.4 Å². The normalized spacial score (nSPS) is 16.1. The molecule has 0 spiro atoms. The minimum Gasteiger partial charge on any atom is -0.497 e. The number of hydrogen-bond donors (Lipinski definition) is 0. The highest BCUT2D eigenvalue weighted by molar-refractivity contribution is 7.10. The summed E-state index contributed by atoms with van der Waals surface area (Å²) < 4.78 is 46.6. The number of alkyl halides is 3. The van der Waals surface area contributed by atoms with Crippen LogP contribution in [0.3, 0.4) is 0 Å². The zero-order valence-electron chi connectivity index (χ0n) is 16.0. The third kappa shape index (κ3) is 4.14. The van der Waals surface area contributed by atoms with Gasteiger partial charge in [0.1, 0.15) is 11.5 Å². The summed E-state index contributed by atoms with van der Waals surface area (Å²) in [6, 6.07) is 14.2. The van der Waals surface area contributed by atoms with E-state index in [9.17, 15) is 18.0 Å². The van der Waals surface area contributed by atoms with Gasteiger partial charge >= 0.3 is 6.36 Å². The number of benzene rings is 2. The van der Waals surface area contributed by atoms with E-state index in [2.05, 4.69) is 4.74 Å². The second-order valence-corrected chi connectivity index (χ2v) is 7.80. The number of halogens is 3. The van der Waals surface area contributed by atoms with E-state index in [0.717, 1.165) is 17.5 Å². The molecule has 1 amide bonds. The molecule has 2 aromatic carbocycles. The van der Waals surface area contributed by atoms with Crippen LogP contribution in [0.5, 0.6) is 11.5 Å². The maximum absolute atomic E-state index is 13.3. The van der Waals surface area contributed by atoms with Crippen LogP contribution in [-0.2, 0) is 6.42 Å². The van der Waals surface area contributed by atoms with Crippen molar-refractivity contribution in [1.82, 2.24) is 4.90 Å². The van der Waals surface area contributed by atoms with Crippen LogP contribution in [0.25, 0.3) is 0 Å². The van der Waals surface area contributed by atoms with Gasteiger partial charge in [0, 0.05) is 17.0 Å². The number of hydrogen-bond acceptors (Lipinski definition) is 4. The molecule has 4 rings (SSSR count). The van der Waals surface area contributed by atoms with Gasteiger partial charge in [0.15, 0.2) is 0 Å². The van der Waals surface area contributed by atoms with E-state index in [0.29, 0.717) is 17.9 Å². The highest BCUT2D eigenvalue weighted by atomic mass is 32.1. The summed E-state index contributed by atoms with van der Waals surface area (Å²) in [5.74, 6) is 0.220. The third-order valence-electron chi connectivity index (χ3n) is 4.99. The number of thiophene rings is 1. The van der Waals surface area contributed by atoms with Crippen molar-refractivity contribution < 1.29 is 27.4 Å². The fourth-order valence-corrected chi connectivity index (χ4v) is 4.55. The SMILES string of the molecule is COc1ccc(C(=O)N2CCc3sccc3C2c2ccc(OC(F)(F)F)cc2)cc1. The Balaban J connectivity index is 1.67. The van der Waals surface area contributed by atoms with Gasteiger partial charge in [-0.1, -0.05) is 12.1 Å². The second kappa shape index (κ2) is 8.02. The Labute approximate surface area is 175 Å². The Kier molecular flexibility index (Phi) is 5.42. The number of carbonyl (C=O) groups is 1. The van der Waals surface area contributed by atoms with Crippen molar-refractivity contribution in [3.8, 4) is 11.5 Å². The number of methoxy groups -OCH3 is 1. The van der Waals surface area contributed by atoms with Crippen LogP contribution < -0.4 is 9.47 Å². The van der Waals surface area contributed by atoms with E-state index < -0.39 is 6.36 Å². The standard InChI is InChI=1S/C22H18F3NO3S/c1-28-16-6-4-15(5-7-16)21(27)26-12-10-19-18(11-13-30-19)20(26)14-2-8-17(9-3-14)29-22(23,24)25/h2-9,11,13,20H,10,12H2,1H3. The lowest BCUT2D eigenvalue weighted by atomic mass is 9.92. The molecule has 1 aromatic heterocycles. The molecular weight excluding hydrogens is 415 g/mol. The van der Waals surface area contributed by atoms with Gasteiger partial charge in [-0.3, -0.25) is 4.79 Å². The lowest BCUT2D eigenvalue weighted by molar-refractivity contribution is -0.274.